The molecule has 0 unspecified atom stereocenters. The quantitative estimate of drug-likeness (QED) is 0.842. The molecule has 2 aliphatic rings. The van der Waals surface area contributed by atoms with Crippen molar-refractivity contribution in [1.29, 1.82) is 0 Å². The maximum Gasteiger partial charge on any atom is 0.274 e. The number of rotatable bonds is 4. The molecule has 2 fully saturated rings. The maximum atomic E-state index is 13.0. The molecule has 6 nitrogen and oxygen atoms in total. The maximum absolute atomic E-state index is 13.0. The van der Waals surface area contributed by atoms with Crippen LogP contribution in [0.5, 0.6) is 0 Å². The van der Waals surface area contributed by atoms with Crippen molar-refractivity contribution in [2.45, 2.75) is 39.2 Å². The summed E-state index contributed by atoms with van der Waals surface area (Å²) in [4.78, 5) is 34.8. The number of carbonyl (C=O) groups excluding carboxylic acids is 2. The largest absolute Gasteiger partial charge is 0.337 e. The Kier molecular flexibility index (Phi) is 4.27. The Morgan fingerprint density at radius 2 is 2.20 bits per heavy atom. The molecular formula is C18H24N4O2S. The molecule has 0 bridgehead atoms. The van der Waals surface area contributed by atoms with Crippen LogP contribution in [-0.2, 0) is 4.79 Å². The Bertz CT molecular complexity index is 763. The van der Waals surface area contributed by atoms with Gasteiger partial charge in [-0.05, 0) is 24.7 Å². The zero-order valence-electron chi connectivity index (χ0n) is 14.7. The van der Waals surface area contributed by atoms with Gasteiger partial charge >= 0.3 is 0 Å². The number of amides is 2. The number of carbonyl (C=O) groups is 2. The lowest BCUT2D eigenvalue weighted by Gasteiger charge is -2.34. The second kappa shape index (κ2) is 6.44. The van der Waals surface area contributed by atoms with Crippen LogP contribution in [0, 0.1) is 11.8 Å². The van der Waals surface area contributed by atoms with Crippen LogP contribution in [0.4, 0.5) is 0 Å². The summed E-state index contributed by atoms with van der Waals surface area (Å²) in [5, 5.41) is 1.95. The van der Waals surface area contributed by atoms with Crippen LogP contribution < -0.4 is 0 Å². The summed E-state index contributed by atoms with van der Waals surface area (Å²) >= 11 is 1.52. The smallest absolute Gasteiger partial charge is 0.274 e. The first-order valence-corrected chi connectivity index (χ1v) is 9.92. The fourth-order valence-corrected chi connectivity index (χ4v) is 4.24. The molecule has 1 aliphatic carbocycles. The van der Waals surface area contributed by atoms with E-state index in [9.17, 15) is 9.59 Å². The Labute approximate surface area is 151 Å². The number of hydrogen-bond donors (Lipinski definition) is 0. The highest BCUT2D eigenvalue weighted by atomic mass is 32.1. The summed E-state index contributed by atoms with van der Waals surface area (Å²) in [6.45, 7) is 6.20. The molecule has 2 amide bonds. The Morgan fingerprint density at radius 3 is 2.88 bits per heavy atom. The van der Waals surface area contributed by atoms with E-state index in [1.165, 1.54) is 24.2 Å². The third-order valence-electron chi connectivity index (χ3n) is 5.24. The first-order valence-electron chi connectivity index (χ1n) is 9.04. The molecular weight excluding hydrogens is 336 g/mol. The minimum Gasteiger partial charge on any atom is -0.337 e. The molecule has 1 atom stereocenters. The van der Waals surface area contributed by atoms with Gasteiger partial charge in [-0.15, -0.1) is 11.3 Å². The van der Waals surface area contributed by atoms with E-state index in [0.29, 0.717) is 37.0 Å². The van der Waals surface area contributed by atoms with Crippen LogP contribution >= 0.6 is 11.3 Å². The lowest BCUT2D eigenvalue weighted by molar-refractivity contribution is -0.133. The van der Waals surface area contributed by atoms with Crippen molar-refractivity contribution in [3.05, 3.63) is 23.5 Å². The van der Waals surface area contributed by atoms with E-state index >= 15 is 0 Å². The summed E-state index contributed by atoms with van der Waals surface area (Å²) in [6, 6.07) is 0.0864. The van der Waals surface area contributed by atoms with Crippen molar-refractivity contribution >= 4 is 28.1 Å². The second-order valence-corrected chi connectivity index (χ2v) is 8.39. The summed E-state index contributed by atoms with van der Waals surface area (Å²) < 4.78 is 1.88. The molecule has 1 saturated carbocycles. The van der Waals surface area contributed by atoms with Crippen LogP contribution in [0.3, 0.4) is 0 Å². The van der Waals surface area contributed by atoms with E-state index in [-0.39, 0.29) is 17.9 Å². The highest BCUT2D eigenvalue weighted by Gasteiger charge is 2.37. The van der Waals surface area contributed by atoms with Crippen LogP contribution in [0.15, 0.2) is 17.8 Å². The van der Waals surface area contributed by atoms with Gasteiger partial charge in [-0.1, -0.05) is 13.8 Å². The van der Waals surface area contributed by atoms with Gasteiger partial charge in [-0.25, -0.2) is 4.98 Å². The molecule has 0 N–H and O–H groups in total. The molecule has 134 valence electrons. The van der Waals surface area contributed by atoms with Gasteiger partial charge in [0.05, 0.1) is 6.04 Å². The molecule has 7 heteroatoms. The predicted molar refractivity (Wildman–Crippen MR) is 96.7 cm³/mol. The molecule has 1 saturated heterocycles. The molecule has 4 rings (SSSR count). The van der Waals surface area contributed by atoms with E-state index < -0.39 is 0 Å². The Balaban J connectivity index is 1.56. The standard InChI is InChI=1S/C18H24N4O2S/c1-12(2)15-11-20(6-5-16(23)22(15)9-13-3-4-13)17(24)14-10-21-7-8-25-18(21)19-14/h7-8,10,12-13,15H,3-6,9,11H2,1-2H3/t15-/m1/s1. The average molecular weight is 360 g/mol. The highest BCUT2D eigenvalue weighted by Crippen LogP contribution is 2.32. The minimum atomic E-state index is -0.0670. The van der Waals surface area contributed by atoms with Crippen LogP contribution in [0.25, 0.3) is 4.96 Å². The van der Waals surface area contributed by atoms with E-state index in [2.05, 4.69) is 18.8 Å². The summed E-state index contributed by atoms with van der Waals surface area (Å²) in [5.41, 5.74) is 0.470. The molecule has 2 aromatic heterocycles. The fourth-order valence-electron chi connectivity index (χ4n) is 3.54. The van der Waals surface area contributed by atoms with Gasteiger partial charge in [-0.2, -0.15) is 0 Å². The third kappa shape index (κ3) is 3.29. The zero-order valence-corrected chi connectivity index (χ0v) is 15.5. The summed E-state index contributed by atoms with van der Waals surface area (Å²) in [7, 11) is 0. The number of fused-ring (bicyclic) bond motifs is 1. The molecule has 0 aromatic carbocycles. The van der Waals surface area contributed by atoms with Gasteiger partial charge in [0.2, 0.25) is 5.91 Å². The van der Waals surface area contributed by atoms with Crippen molar-refractivity contribution in [3.8, 4) is 0 Å². The summed E-state index contributed by atoms with van der Waals surface area (Å²) in [5.74, 6) is 1.10. The van der Waals surface area contributed by atoms with E-state index in [1.54, 1.807) is 6.20 Å². The van der Waals surface area contributed by atoms with Crippen molar-refractivity contribution in [1.82, 2.24) is 19.2 Å². The van der Waals surface area contributed by atoms with Gasteiger partial charge in [0.25, 0.3) is 5.91 Å². The van der Waals surface area contributed by atoms with E-state index in [4.69, 9.17) is 0 Å². The molecule has 1 aliphatic heterocycles. The molecule has 0 spiro atoms. The lowest BCUT2D eigenvalue weighted by atomic mass is 10.0. The number of hydrogen-bond acceptors (Lipinski definition) is 4. The van der Waals surface area contributed by atoms with Crippen molar-refractivity contribution in [2.24, 2.45) is 11.8 Å². The predicted octanol–water partition coefficient (Wildman–Crippen LogP) is 2.50. The number of aromatic nitrogens is 2. The van der Waals surface area contributed by atoms with Crippen molar-refractivity contribution in [2.75, 3.05) is 19.6 Å². The first kappa shape index (κ1) is 16.6. The Morgan fingerprint density at radius 1 is 1.40 bits per heavy atom. The number of imidazole rings is 1. The van der Waals surface area contributed by atoms with Crippen molar-refractivity contribution < 1.29 is 9.59 Å². The van der Waals surface area contributed by atoms with Crippen LogP contribution in [-0.4, -0.2) is 56.7 Å². The average Bonchev–Trinajstić information content (AvgIpc) is 3.18. The van der Waals surface area contributed by atoms with Gasteiger partial charge in [0.15, 0.2) is 4.96 Å². The first-order chi connectivity index (χ1) is 12.0. The SMILES string of the molecule is CC(C)[C@H]1CN(C(=O)c2cn3ccsc3n2)CCC(=O)N1CC1CC1. The van der Waals surface area contributed by atoms with Gasteiger partial charge in [-0.3, -0.25) is 14.0 Å². The Hall–Kier alpha value is -1.89. The minimum absolute atomic E-state index is 0.0670. The fraction of sp³-hybridized carbons (Fsp3) is 0.611. The molecule has 3 heterocycles. The van der Waals surface area contributed by atoms with Gasteiger partial charge in [0, 0.05) is 43.8 Å². The molecule has 25 heavy (non-hydrogen) atoms. The molecule has 2 aromatic rings. The monoisotopic (exact) mass is 360 g/mol. The normalized spacial score (nSPS) is 22.0. The zero-order chi connectivity index (χ0) is 17.6. The number of thiazole rings is 1. The van der Waals surface area contributed by atoms with Crippen LogP contribution in [0.2, 0.25) is 0 Å². The van der Waals surface area contributed by atoms with Gasteiger partial charge < -0.3 is 9.80 Å². The summed E-state index contributed by atoms with van der Waals surface area (Å²) in [6.07, 6.45) is 6.55. The van der Waals surface area contributed by atoms with Gasteiger partial charge in [0.1, 0.15) is 5.69 Å². The second-order valence-electron chi connectivity index (χ2n) is 7.52. The van der Waals surface area contributed by atoms with E-state index in [1.807, 2.05) is 25.8 Å². The molecule has 0 radical (unpaired) electrons. The number of nitrogens with zero attached hydrogens (tertiary/aromatic N) is 4. The highest BCUT2D eigenvalue weighted by molar-refractivity contribution is 7.15. The van der Waals surface area contributed by atoms with Crippen LogP contribution in [0.1, 0.15) is 43.6 Å². The lowest BCUT2D eigenvalue weighted by Crippen LogP contribution is -2.48. The topological polar surface area (TPSA) is 57.9 Å². The third-order valence-corrected chi connectivity index (χ3v) is 6.02. The van der Waals surface area contributed by atoms with E-state index in [0.717, 1.165) is 11.5 Å². The van der Waals surface area contributed by atoms with Crippen molar-refractivity contribution in [3.63, 3.8) is 0 Å².